The van der Waals surface area contributed by atoms with Crippen LogP contribution in [-0.2, 0) is 20.7 Å². The first-order valence-electron chi connectivity index (χ1n) is 8.58. The average Bonchev–Trinajstić information content (AvgIpc) is 3.01. The maximum atomic E-state index is 12.6. The quantitative estimate of drug-likeness (QED) is 0.793. The van der Waals surface area contributed by atoms with Crippen molar-refractivity contribution in [3.8, 4) is 11.5 Å². The summed E-state index contributed by atoms with van der Waals surface area (Å²) in [7, 11) is 0. The maximum absolute atomic E-state index is 12.6. The summed E-state index contributed by atoms with van der Waals surface area (Å²) in [6.45, 7) is 1.72. The van der Waals surface area contributed by atoms with Gasteiger partial charge in [0, 0.05) is 11.7 Å². The first kappa shape index (κ1) is 16.4. The van der Waals surface area contributed by atoms with Crippen molar-refractivity contribution in [3.63, 3.8) is 0 Å². The van der Waals surface area contributed by atoms with Crippen LogP contribution < -0.4 is 14.4 Å². The van der Waals surface area contributed by atoms with E-state index in [2.05, 4.69) is 0 Å². The Balaban J connectivity index is 1.37. The molecule has 0 aromatic heterocycles. The van der Waals surface area contributed by atoms with Gasteiger partial charge in [0.1, 0.15) is 6.61 Å². The van der Waals surface area contributed by atoms with Gasteiger partial charge in [0.05, 0.1) is 0 Å². The number of rotatable bonds is 3. The van der Waals surface area contributed by atoms with Crippen LogP contribution in [0.15, 0.2) is 48.5 Å². The van der Waals surface area contributed by atoms with Gasteiger partial charge in [-0.1, -0.05) is 30.3 Å². The molecule has 2 aromatic carbocycles. The largest absolute Gasteiger partial charge is 0.485 e. The van der Waals surface area contributed by atoms with Crippen LogP contribution >= 0.6 is 0 Å². The first-order valence-corrected chi connectivity index (χ1v) is 8.58. The van der Waals surface area contributed by atoms with Gasteiger partial charge in [0.25, 0.3) is 5.91 Å². The van der Waals surface area contributed by atoms with Crippen molar-refractivity contribution >= 4 is 17.6 Å². The summed E-state index contributed by atoms with van der Waals surface area (Å²) in [5, 5.41) is 0. The van der Waals surface area contributed by atoms with E-state index in [0.29, 0.717) is 11.5 Å². The number of ether oxygens (including phenoxy) is 3. The van der Waals surface area contributed by atoms with Crippen LogP contribution in [0.3, 0.4) is 0 Å². The van der Waals surface area contributed by atoms with Crippen LogP contribution in [-0.4, -0.2) is 37.2 Å². The fourth-order valence-electron chi connectivity index (χ4n) is 3.38. The second-order valence-corrected chi connectivity index (χ2v) is 6.42. The van der Waals surface area contributed by atoms with E-state index in [1.807, 2.05) is 37.3 Å². The van der Waals surface area contributed by atoms with Crippen LogP contribution in [0, 0.1) is 0 Å². The smallest absolute Gasteiger partial charge is 0.351 e. The van der Waals surface area contributed by atoms with Crippen molar-refractivity contribution in [2.75, 3.05) is 18.1 Å². The summed E-state index contributed by atoms with van der Waals surface area (Å²) in [6.07, 6.45) is -0.0762. The number of carbonyl (C=O) groups is 2. The van der Waals surface area contributed by atoms with E-state index >= 15 is 0 Å². The van der Waals surface area contributed by atoms with Crippen LogP contribution in [0.2, 0.25) is 0 Å². The van der Waals surface area contributed by atoms with E-state index in [1.165, 1.54) is 0 Å². The number of anilines is 1. The van der Waals surface area contributed by atoms with Gasteiger partial charge in [-0.15, -0.1) is 0 Å². The monoisotopic (exact) mass is 353 g/mol. The molecule has 1 amide bonds. The predicted molar refractivity (Wildman–Crippen MR) is 94.4 cm³/mol. The zero-order chi connectivity index (χ0) is 18.1. The van der Waals surface area contributed by atoms with E-state index in [9.17, 15) is 9.59 Å². The van der Waals surface area contributed by atoms with Crippen LogP contribution in [0.4, 0.5) is 5.69 Å². The maximum Gasteiger partial charge on any atom is 0.351 e. The molecule has 4 rings (SSSR count). The van der Waals surface area contributed by atoms with Gasteiger partial charge in [-0.2, -0.15) is 0 Å². The van der Waals surface area contributed by atoms with Gasteiger partial charge in [0.2, 0.25) is 6.10 Å². The number of hydrogen-bond donors (Lipinski definition) is 0. The number of hydrogen-bond acceptors (Lipinski definition) is 5. The molecule has 134 valence electrons. The lowest BCUT2D eigenvalue weighted by Gasteiger charge is -2.26. The molecule has 0 N–H and O–H groups in total. The Morgan fingerprint density at radius 1 is 1.12 bits per heavy atom. The summed E-state index contributed by atoms with van der Waals surface area (Å²) < 4.78 is 16.3. The molecule has 0 bridgehead atoms. The number of fused-ring (bicyclic) bond motifs is 2. The van der Waals surface area contributed by atoms with Crippen molar-refractivity contribution in [2.24, 2.45) is 0 Å². The van der Waals surface area contributed by atoms with Gasteiger partial charge in [-0.25, -0.2) is 4.79 Å². The molecule has 0 unspecified atom stereocenters. The van der Waals surface area contributed by atoms with Crippen molar-refractivity contribution in [1.29, 1.82) is 0 Å². The molecule has 6 heteroatoms. The number of benzene rings is 2. The molecule has 0 aliphatic carbocycles. The normalized spacial score (nSPS) is 20.4. The van der Waals surface area contributed by atoms with Crippen molar-refractivity contribution in [3.05, 3.63) is 54.1 Å². The molecule has 2 aliphatic rings. The summed E-state index contributed by atoms with van der Waals surface area (Å²) in [4.78, 5) is 26.5. The summed E-state index contributed by atoms with van der Waals surface area (Å²) >= 11 is 0. The molecular formula is C20H19NO5. The number of carbonyl (C=O) groups excluding carboxylic acids is 2. The highest BCUT2D eigenvalue weighted by atomic mass is 16.6. The Morgan fingerprint density at radius 2 is 1.85 bits per heavy atom. The first-order chi connectivity index (χ1) is 12.6. The molecule has 0 saturated carbocycles. The lowest BCUT2D eigenvalue weighted by Crippen LogP contribution is -2.42. The second-order valence-electron chi connectivity index (χ2n) is 6.42. The van der Waals surface area contributed by atoms with E-state index in [4.69, 9.17) is 14.2 Å². The minimum Gasteiger partial charge on any atom is -0.485 e. The minimum absolute atomic E-state index is 0.0414. The molecule has 2 aliphatic heterocycles. The van der Waals surface area contributed by atoms with Crippen LogP contribution in [0.25, 0.3) is 0 Å². The number of para-hydroxylation sites is 3. The van der Waals surface area contributed by atoms with Gasteiger partial charge >= 0.3 is 5.97 Å². The van der Waals surface area contributed by atoms with Gasteiger partial charge in [-0.05, 0) is 37.1 Å². The summed E-state index contributed by atoms with van der Waals surface area (Å²) in [5.41, 5.74) is 2.01. The minimum atomic E-state index is -0.874. The van der Waals surface area contributed by atoms with Gasteiger partial charge < -0.3 is 19.1 Å². The van der Waals surface area contributed by atoms with E-state index < -0.39 is 12.1 Å². The van der Waals surface area contributed by atoms with E-state index in [1.54, 1.807) is 23.1 Å². The molecule has 0 spiro atoms. The van der Waals surface area contributed by atoms with Crippen LogP contribution in [0.1, 0.15) is 12.5 Å². The number of esters is 1. The van der Waals surface area contributed by atoms with Gasteiger partial charge in [0.15, 0.2) is 18.1 Å². The molecule has 6 nitrogen and oxygen atoms in total. The van der Waals surface area contributed by atoms with Crippen molar-refractivity contribution < 1.29 is 23.8 Å². The molecule has 26 heavy (non-hydrogen) atoms. The average molecular weight is 353 g/mol. The Bertz CT molecular complexity index is 850. The Hall–Kier alpha value is -3.02. The molecule has 2 heterocycles. The Kier molecular flexibility index (Phi) is 4.24. The highest BCUT2D eigenvalue weighted by molar-refractivity contribution is 5.98. The van der Waals surface area contributed by atoms with Crippen molar-refractivity contribution in [1.82, 2.24) is 0 Å². The Morgan fingerprint density at radius 3 is 2.69 bits per heavy atom. The zero-order valence-corrected chi connectivity index (χ0v) is 14.4. The van der Waals surface area contributed by atoms with Crippen molar-refractivity contribution in [2.45, 2.75) is 25.5 Å². The lowest BCUT2D eigenvalue weighted by atomic mass is 10.1. The fourth-order valence-corrected chi connectivity index (χ4v) is 3.38. The van der Waals surface area contributed by atoms with Gasteiger partial charge in [-0.3, -0.25) is 4.79 Å². The summed E-state index contributed by atoms with van der Waals surface area (Å²) in [6, 6.07) is 14.9. The lowest BCUT2D eigenvalue weighted by molar-refractivity contribution is -0.157. The molecule has 0 fully saturated rings. The third-order valence-corrected chi connectivity index (χ3v) is 4.59. The number of nitrogens with zero attached hydrogens (tertiary/aromatic N) is 1. The molecule has 0 saturated heterocycles. The molecule has 0 radical (unpaired) electrons. The number of amides is 1. The molecule has 2 atom stereocenters. The SMILES string of the molecule is C[C@@H]1Cc2ccccc2N1C(=O)COC(=O)[C@@H]1COc2ccccc2O1. The van der Waals surface area contributed by atoms with E-state index in [0.717, 1.165) is 17.7 Å². The Labute approximate surface area is 151 Å². The third kappa shape index (κ3) is 2.98. The standard InChI is InChI=1S/C20H19NO5/c1-13-10-14-6-2-3-7-15(14)21(13)19(22)12-25-20(23)18-11-24-16-8-4-5-9-17(16)26-18/h2-9,13,18H,10-12H2,1H3/t13-,18+/m1/s1. The zero-order valence-electron chi connectivity index (χ0n) is 14.4. The van der Waals surface area contributed by atoms with E-state index in [-0.39, 0.29) is 25.2 Å². The van der Waals surface area contributed by atoms with Crippen LogP contribution in [0.5, 0.6) is 11.5 Å². The highest BCUT2D eigenvalue weighted by Gasteiger charge is 2.33. The molecular weight excluding hydrogens is 334 g/mol. The summed E-state index contributed by atoms with van der Waals surface area (Å²) in [5.74, 6) is 0.241. The topological polar surface area (TPSA) is 65.1 Å². The second kappa shape index (κ2) is 6.71. The fraction of sp³-hybridized carbons (Fsp3) is 0.300. The predicted octanol–water partition coefficient (Wildman–Crippen LogP) is 2.35. The third-order valence-electron chi connectivity index (χ3n) is 4.59. The molecule has 2 aromatic rings. The highest BCUT2D eigenvalue weighted by Crippen LogP contribution is 2.32.